The molecule has 32 heavy (non-hydrogen) atoms. The molecule has 1 atom stereocenters. The van der Waals surface area contributed by atoms with E-state index in [1.165, 1.54) is 16.7 Å². The number of carbonyl (C=O) groups is 1. The molecular formula is C23H32FN5O3. The molecular weight excluding hydrogens is 413 g/mol. The van der Waals surface area contributed by atoms with Crippen molar-refractivity contribution >= 4 is 11.6 Å². The lowest BCUT2D eigenvalue weighted by atomic mass is 10.0. The number of hydrogen-bond acceptors (Lipinski definition) is 6. The lowest BCUT2D eigenvalue weighted by molar-refractivity contribution is 0.0800. The highest BCUT2D eigenvalue weighted by atomic mass is 19.1. The van der Waals surface area contributed by atoms with Gasteiger partial charge in [-0.1, -0.05) is 18.6 Å². The molecule has 1 aromatic carbocycles. The highest BCUT2D eigenvalue weighted by molar-refractivity contribution is 6.01. The van der Waals surface area contributed by atoms with E-state index in [9.17, 15) is 18.8 Å². The molecule has 1 aromatic heterocycles. The quantitative estimate of drug-likeness (QED) is 0.618. The van der Waals surface area contributed by atoms with Gasteiger partial charge in [-0.15, -0.1) is 0 Å². The summed E-state index contributed by atoms with van der Waals surface area (Å²) in [5.74, 6) is -0.911. The number of aromatic nitrogens is 2. The number of Topliss-reactive ketones (excluding diaryl/α,β-unsaturated/α-hetero) is 1. The van der Waals surface area contributed by atoms with Gasteiger partial charge >= 0.3 is 5.69 Å². The first kappa shape index (κ1) is 23.9. The molecule has 1 saturated heterocycles. The molecule has 1 aliphatic rings. The molecule has 0 radical (unpaired) electrons. The van der Waals surface area contributed by atoms with Crippen LogP contribution in [0.25, 0.3) is 0 Å². The van der Waals surface area contributed by atoms with Gasteiger partial charge in [-0.2, -0.15) is 0 Å². The molecule has 3 rings (SSSR count). The van der Waals surface area contributed by atoms with Gasteiger partial charge in [0, 0.05) is 19.1 Å². The van der Waals surface area contributed by atoms with Crippen LogP contribution in [0.5, 0.6) is 0 Å². The van der Waals surface area contributed by atoms with Crippen LogP contribution in [0.3, 0.4) is 0 Å². The average Bonchev–Trinajstić information content (AvgIpc) is 2.74. The molecule has 2 aromatic rings. The number of nitrogen functional groups attached to an aromatic ring is 1. The number of nitrogens with two attached hydrogens (primary N) is 1. The molecule has 1 aliphatic heterocycles. The van der Waals surface area contributed by atoms with Gasteiger partial charge < -0.3 is 10.6 Å². The number of piperidine rings is 1. The zero-order chi connectivity index (χ0) is 23.4. The summed E-state index contributed by atoms with van der Waals surface area (Å²) in [6.07, 6.45) is 3.09. The summed E-state index contributed by atoms with van der Waals surface area (Å²) in [7, 11) is 4.00. The van der Waals surface area contributed by atoms with Crippen molar-refractivity contribution in [2.45, 2.75) is 45.3 Å². The first-order valence-electron chi connectivity index (χ1n) is 11.0. The second-order valence-corrected chi connectivity index (χ2v) is 8.61. The first-order chi connectivity index (χ1) is 15.2. The van der Waals surface area contributed by atoms with E-state index in [-0.39, 0.29) is 42.8 Å². The Kier molecular flexibility index (Phi) is 7.63. The Hall–Kier alpha value is -2.78. The molecule has 0 bridgehead atoms. The zero-order valence-electron chi connectivity index (χ0n) is 19.0. The second kappa shape index (κ2) is 10.2. The molecule has 174 valence electrons. The Morgan fingerprint density at radius 3 is 2.47 bits per heavy atom. The molecule has 1 fully saturated rings. The fourth-order valence-electron chi connectivity index (χ4n) is 4.34. The minimum atomic E-state index is -0.656. The van der Waals surface area contributed by atoms with Crippen molar-refractivity contribution in [2.24, 2.45) is 0 Å². The smallest absolute Gasteiger partial charge is 0.332 e. The molecule has 0 spiro atoms. The predicted octanol–water partition coefficient (Wildman–Crippen LogP) is 1.40. The maximum Gasteiger partial charge on any atom is 0.332 e. The third-order valence-corrected chi connectivity index (χ3v) is 5.99. The highest BCUT2D eigenvalue weighted by Crippen LogP contribution is 2.19. The number of nitrogens with zero attached hydrogens (tertiary/aromatic N) is 4. The van der Waals surface area contributed by atoms with E-state index < -0.39 is 17.1 Å². The van der Waals surface area contributed by atoms with E-state index in [2.05, 4.69) is 9.80 Å². The van der Waals surface area contributed by atoms with Gasteiger partial charge in [0.05, 0.1) is 13.1 Å². The van der Waals surface area contributed by atoms with Crippen molar-refractivity contribution in [3.8, 4) is 0 Å². The summed E-state index contributed by atoms with van der Waals surface area (Å²) >= 11 is 0. The minimum Gasteiger partial charge on any atom is -0.384 e. The lowest BCUT2D eigenvalue weighted by Gasteiger charge is -2.36. The van der Waals surface area contributed by atoms with E-state index in [0.29, 0.717) is 5.56 Å². The number of benzene rings is 1. The standard InChI is InChI=1S/C23H32FN5O3/c1-4-28-22(31)20(19(30)15-27-12-6-5-7-18(27)14-26(2)3)21(25)29(23(28)32)13-16-8-10-17(24)11-9-16/h8-11,18H,4-7,12-15,25H2,1-3H3. The van der Waals surface area contributed by atoms with Crippen LogP contribution >= 0.6 is 0 Å². The largest absolute Gasteiger partial charge is 0.384 e. The normalized spacial score (nSPS) is 17.1. The molecule has 0 saturated carbocycles. The highest BCUT2D eigenvalue weighted by Gasteiger charge is 2.28. The van der Waals surface area contributed by atoms with Gasteiger partial charge in [0.25, 0.3) is 5.56 Å². The van der Waals surface area contributed by atoms with E-state index in [4.69, 9.17) is 5.73 Å². The Morgan fingerprint density at radius 2 is 1.84 bits per heavy atom. The summed E-state index contributed by atoms with van der Waals surface area (Å²) in [4.78, 5) is 43.4. The molecule has 0 aliphatic carbocycles. The van der Waals surface area contributed by atoms with E-state index in [1.54, 1.807) is 19.1 Å². The predicted molar refractivity (Wildman–Crippen MR) is 123 cm³/mol. The molecule has 8 nitrogen and oxygen atoms in total. The molecule has 9 heteroatoms. The summed E-state index contributed by atoms with van der Waals surface area (Å²) in [5, 5.41) is 0. The first-order valence-corrected chi connectivity index (χ1v) is 11.0. The van der Waals surface area contributed by atoms with Gasteiger partial charge in [0.2, 0.25) is 0 Å². The van der Waals surface area contributed by atoms with E-state index >= 15 is 0 Å². The van der Waals surface area contributed by atoms with Crippen LogP contribution < -0.4 is 17.0 Å². The number of rotatable bonds is 8. The average molecular weight is 446 g/mol. The third kappa shape index (κ3) is 5.16. The molecule has 2 heterocycles. The minimum absolute atomic E-state index is 0.0402. The van der Waals surface area contributed by atoms with Crippen molar-refractivity contribution in [3.63, 3.8) is 0 Å². The van der Waals surface area contributed by atoms with Crippen LogP contribution in [0.4, 0.5) is 10.2 Å². The van der Waals surface area contributed by atoms with Crippen LogP contribution in [0, 0.1) is 5.82 Å². The van der Waals surface area contributed by atoms with Gasteiger partial charge in [0.15, 0.2) is 5.78 Å². The number of halogens is 1. The van der Waals surface area contributed by atoms with E-state index in [1.807, 2.05) is 14.1 Å². The summed E-state index contributed by atoms with van der Waals surface area (Å²) in [6, 6.07) is 5.90. The summed E-state index contributed by atoms with van der Waals surface area (Å²) in [6.45, 7) is 3.52. The van der Waals surface area contributed by atoms with Gasteiger partial charge in [-0.05, 0) is 58.1 Å². The van der Waals surface area contributed by atoms with Crippen molar-refractivity contribution in [1.82, 2.24) is 18.9 Å². The SMILES string of the molecule is CCn1c(=O)c(C(=O)CN2CCCCC2CN(C)C)c(N)n(Cc2ccc(F)cc2)c1=O. The fraction of sp³-hybridized carbons (Fsp3) is 0.522. The third-order valence-electron chi connectivity index (χ3n) is 5.99. The Balaban J connectivity index is 1.97. The maximum atomic E-state index is 13.3. The van der Waals surface area contributed by atoms with Crippen LogP contribution in [0.2, 0.25) is 0 Å². The van der Waals surface area contributed by atoms with Crippen LogP contribution in [0.15, 0.2) is 33.9 Å². The number of ketones is 1. The molecule has 0 amide bonds. The monoisotopic (exact) mass is 445 g/mol. The number of anilines is 1. The topological polar surface area (TPSA) is 93.6 Å². The number of likely N-dealkylation sites (tertiary alicyclic amines) is 1. The van der Waals surface area contributed by atoms with Crippen molar-refractivity contribution < 1.29 is 9.18 Å². The molecule has 2 N–H and O–H groups in total. The van der Waals surface area contributed by atoms with Crippen LogP contribution in [-0.2, 0) is 13.1 Å². The Labute approximate surface area is 187 Å². The van der Waals surface area contributed by atoms with Gasteiger partial charge in [0.1, 0.15) is 17.2 Å². The van der Waals surface area contributed by atoms with Crippen LogP contribution in [-0.4, -0.2) is 64.5 Å². The van der Waals surface area contributed by atoms with Crippen LogP contribution in [0.1, 0.15) is 42.1 Å². The lowest BCUT2D eigenvalue weighted by Crippen LogP contribution is -2.49. The number of hydrogen-bond donors (Lipinski definition) is 1. The Bertz CT molecular complexity index is 1070. The zero-order valence-corrected chi connectivity index (χ0v) is 19.0. The fourth-order valence-corrected chi connectivity index (χ4v) is 4.34. The van der Waals surface area contributed by atoms with Gasteiger partial charge in [-0.3, -0.25) is 23.6 Å². The van der Waals surface area contributed by atoms with Crippen molar-refractivity contribution in [1.29, 1.82) is 0 Å². The summed E-state index contributed by atoms with van der Waals surface area (Å²) < 4.78 is 15.5. The Morgan fingerprint density at radius 1 is 1.16 bits per heavy atom. The van der Waals surface area contributed by atoms with E-state index in [0.717, 1.165) is 36.9 Å². The molecule has 1 unspecified atom stereocenters. The van der Waals surface area contributed by atoms with Crippen molar-refractivity contribution in [3.05, 3.63) is 62.0 Å². The second-order valence-electron chi connectivity index (χ2n) is 8.61. The van der Waals surface area contributed by atoms with Gasteiger partial charge in [-0.25, -0.2) is 9.18 Å². The van der Waals surface area contributed by atoms with Crippen molar-refractivity contribution in [2.75, 3.05) is 39.5 Å². The summed E-state index contributed by atoms with van der Waals surface area (Å²) in [5.41, 5.74) is 5.49. The maximum absolute atomic E-state index is 13.3. The number of likely N-dealkylation sites (N-methyl/N-ethyl adjacent to an activating group) is 1. The number of carbonyl (C=O) groups excluding carboxylic acids is 1.